The summed E-state index contributed by atoms with van der Waals surface area (Å²) in [6.07, 6.45) is 11.8. The van der Waals surface area contributed by atoms with Crippen molar-refractivity contribution in [3.05, 3.63) is 42.0 Å². The van der Waals surface area contributed by atoms with Crippen LogP contribution in [0.25, 0.3) is 0 Å². The highest BCUT2D eigenvalue weighted by Crippen LogP contribution is 2.23. The van der Waals surface area contributed by atoms with E-state index in [4.69, 9.17) is 4.74 Å². The molecule has 0 atom stereocenters. The fourth-order valence-corrected chi connectivity index (χ4v) is 2.42. The summed E-state index contributed by atoms with van der Waals surface area (Å²) >= 11 is 0. The Morgan fingerprint density at radius 1 is 1.00 bits per heavy atom. The van der Waals surface area contributed by atoms with Gasteiger partial charge in [0.15, 0.2) is 0 Å². The maximum atomic E-state index is 5.78. The number of rotatable bonds is 11. The molecule has 0 aliphatic carbocycles. The molecule has 112 valence electrons. The van der Waals surface area contributed by atoms with E-state index in [1.54, 1.807) is 0 Å². The van der Waals surface area contributed by atoms with Crippen LogP contribution in [-0.2, 0) is 12.8 Å². The predicted molar refractivity (Wildman–Crippen MR) is 88.6 cm³/mol. The third-order valence-corrected chi connectivity index (χ3v) is 3.60. The Morgan fingerprint density at radius 3 is 2.35 bits per heavy atom. The van der Waals surface area contributed by atoms with Gasteiger partial charge in [0.2, 0.25) is 0 Å². The van der Waals surface area contributed by atoms with Gasteiger partial charge in [-0.25, -0.2) is 0 Å². The van der Waals surface area contributed by atoms with Crippen LogP contribution in [0.1, 0.15) is 63.5 Å². The van der Waals surface area contributed by atoms with Crippen molar-refractivity contribution >= 4 is 0 Å². The van der Waals surface area contributed by atoms with Gasteiger partial charge in [-0.2, -0.15) is 0 Å². The molecular weight excluding hydrogens is 244 g/mol. The summed E-state index contributed by atoms with van der Waals surface area (Å²) in [7, 11) is 0. The normalized spacial score (nSPS) is 10.5. The zero-order chi connectivity index (χ0) is 14.6. The molecule has 1 nitrogen and oxygen atoms in total. The molecule has 0 radical (unpaired) electrons. The average molecular weight is 274 g/mol. The van der Waals surface area contributed by atoms with Gasteiger partial charge >= 0.3 is 0 Å². The molecule has 0 amide bonds. The van der Waals surface area contributed by atoms with E-state index in [-0.39, 0.29) is 0 Å². The maximum absolute atomic E-state index is 5.78. The quantitative estimate of drug-likeness (QED) is 0.370. The van der Waals surface area contributed by atoms with Gasteiger partial charge in [0.05, 0.1) is 0 Å². The Balaban J connectivity index is 2.69. The second-order valence-electron chi connectivity index (χ2n) is 5.46. The molecule has 1 heteroatoms. The number of unbranched alkanes of at least 4 members (excludes halogenated alkanes) is 4. The molecule has 0 unspecified atom stereocenters. The first-order valence-electron chi connectivity index (χ1n) is 8.17. The standard InChI is InChI=1S/C19H30O/c1-4-7-9-11-17-13-14-19(20-15-6-3)18(16-17)12-10-8-5-2/h6,13-14,16H,3-5,7-12,15H2,1-2H3. The Bertz CT molecular complexity index is 381. The van der Waals surface area contributed by atoms with E-state index in [0.717, 1.165) is 12.2 Å². The minimum absolute atomic E-state index is 0.593. The summed E-state index contributed by atoms with van der Waals surface area (Å²) in [4.78, 5) is 0. The van der Waals surface area contributed by atoms with Crippen molar-refractivity contribution in [3.8, 4) is 5.75 Å². The largest absolute Gasteiger partial charge is 0.489 e. The second kappa shape index (κ2) is 10.5. The lowest BCUT2D eigenvalue weighted by Gasteiger charge is -2.12. The molecule has 1 aromatic rings. The molecule has 0 aliphatic heterocycles. The van der Waals surface area contributed by atoms with E-state index in [1.165, 1.54) is 56.1 Å². The van der Waals surface area contributed by atoms with Gasteiger partial charge in [0.1, 0.15) is 12.4 Å². The summed E-state index contributed by atoms with van der Waals surface area (Å²) in [6, 6.07) is 6.72. The van der Waals surface area contributed by atoms with E-state index < -0.39 is 0 Å². The highest BCUT2D eigenvalue weighted by molar-refractivity contribution is 5.37. The number of aryl methyl sites for hydroxylation is 2. The Kier molecular flexibility index (Phi) is 8.86. The highest BCUT2D eigenvalue weighted by Gasteiger charge is 2.05. The summed E-state index contributed by atoms with van der Waals surface area (Å²) in [5, 5.41) is 0. The molecule has 0 aromatic heterocycles. The molecule has 20 heavy (non-hydrogen) atoms. The summed E-state index contributed by atoms with van der Waals surface area (Å²) in [5.74, 6) is 1.04. The Labute approximate surface area is 125 Å². The Morgan fingerprint density at radius 2 is 1.70 bits per heavy atom. The molecular formula is C19H30O. The van der Waals surface area contributed by atoms with Crippen LogP contribution >= 0.6 is 0 Å². The maximum Gasteiger partial charge on any atom is 0.122 e. The van der Waals surface area contributed by atoms with Crippen LogP contribution in [-0.4, -0.2) is 6.61 Å². The van der Waals surface area contributed by atoms with Crippen LogP contribution < -0.4 is 4.74 Å². The van der Waals surface area contributed by atoms with Gasteiger partial charge in [0.25, 0.3) is 0 Å². The van der Waals surface area contributed by atoms with E-state index >= 15 is 0 Å². The molecule has 0 spiro atoms. The first-order valence-corrected chi connectivity index (χ1v) is 8.17. The third kappa shape index (κ3) is 6.27. The lowest BCUT2D eigenvalue weighted by Crippen LogP contribution is -1.99. The van der Waals surface area contributed by atoms with Crippen LogP contribution in [0.15, 0.2) is 30.9 Å². The lowest BCUT2D eigenvalue weighted by molar-refractivity contribution is 0.358. The number of hydrogen-bond donors (Lipinski definition) is 0. The number of benzene rings is 1. The molecule has 0 heterocycles. The first-order chi connectivity index (χ1) is 9.81. The van der Waals surface area contributed by atoms with Crippen molar-refractivity contribution in [2.45, 2.75) is 65.2 Å². The SMILES string of the molecule is C=CCOc1ccc(CCCCC)cc1CCCCC. The number of hydrogen-bond acceptors (Lipinski definition) is 1. The second-order valence-corrected chi connectivity index (χ2v) is 5.46. The van der Waals surface area contributed by atoms with Gasteiger partial charge in [-0.05, 0) is 42.9 Å². The van der Waals surface area contributed by atoms with Gasteiger partial charge in [-0.3, -0.25) is 0 Å². The van der Waals surface area contributed by atoms with Crippen LogP contribution in [0, 0.1) is 0 Å². The molecule has 0 aliphatic rings. The lowest BCUT2D eigenvalue weighted by atomic mass is 10.0. The van der Waals surface area contributed by atoms with Gasteiger partial charge < -0.3 is 4.74 Å². The minimum Gasteiger partial charge on any atom is -0.489 e. The van der Waals surface area contributed by atoms with Crippen molar-refractivity contribution in [2.24, 2.45) is 0 Å². The van der Waals surface area contributed by atoms with E-state index in [1.807, 2.05) is 6.08 Å². The first kappa shape index (κ1) is 16.8. The van der Waals surface area contributed by atoms with Gasteiger partial charge in [-0.15, -0.1) is 0 Å². The van der Waals surface area contributed by atoms with Crippen LogP contribution in [0.5, 0.6) is 5.75 Å². The van der Waals surface area contributed by atoms with Crippen LogP contribution in [0.4, 0.5) is 0 Å². The highest BCUT2D eigenvalue weighted by atomic mass is 16.5. The Hall–Kier alpha value is -1.24. The van der Waals surface area contributed by atoms with Crippen molar-refractivity contribution < 1.29 is 4.74 Å². The molecule has 0 bridgehead atoms. The van der Waals surface area contributed by atoms with Gasteiger partial charge in [-0.1, -0.05) is 64.3 Å². The van der Waals surface area contributed by atoms with Crippen LogP contribution in [0.3, 0.4) is 0 Å². The fraction of sp³-hybridized carbons (Fsp3) is 0.579. The monoisotopic (exact) mass is 274 g/mol. The summed E-state index contributed by atoms with van der Waals surface area (Å²) < 4.78 is 5.78. The number of ether oxygens (including phenoxy) is 1. The summed E-state index contributed by atoms with van der Waals surface area (Å²) in [5.41, 5.74) is 2.82. The predicted octanol–water partition coefficient (Wildman–Crippen LogP) is 5.72. The van der Waals surface area contributed by atoms with Crippen molar-refractivity contribution in [3.63, 3.8) is 0 Å². The summed E-state index contributed by atoms with van der Waals surface area (Å²) in [6.45, 7) is 8.82. The average Bonchev–Trinajstić information content (AvgIpc) is 2.47. The van der Waals surface area contributed by atoms with Crippen molar-refractivity contribution in [2.75, 3.05) is 6.61 Å². The van der Waals surface area contributed by atoms with E-state index in [9.17, 15) is 0 Å². The van der Waals surface area contributed by atoms with Gasteiger partial charge in [0, 0.05) is 0 Å². The third-order valence-electron chi connectivity index (χ3n) is 3.60. The zero-order valence-corrected chi connectivity index (χ0v) is 13.3. The fourth-order valence-electron chi connectivity index (χ4n) is 2.42. The molecule has 0 fully saturated rings. The topological polar surface area (TPSA) is 9.23 Å². The van der Waals surface area contributed by atoms with E-state index in [0.29, 0.717) is 6.61 Å². The van der Waals surface area contributed by atoms with Crippen LogP contribution in [0.2, 0.25) is 0 Å². The van der Waals surface area contributed by atoms with Crippen molar-refractivity contribution in [1.82, 2.24) is 0 Å². The molecule has 0 N–H and O–H groups in total. The van der Waals surface area contributed by atoms with Crippen molar-refractivity contribution in [1.29, 1.82) is 0 Å². The molecule has 1 aromatic carbocycles. The molecule has 0 saturated carbocycles. The minimum atomic E-state index is 0.593. The van der Waals surface area contributed by atoms with E-state index in [2.05, 4.69) is 38.6 Å². The molecule has 0 saturated heterocycles. The smallest absolute Gasteiger partial charge is 0.122 e. The zero-order valence-electron chi connectivity index (χ0n) is 13.3. The molecule has 1 rings (SSSR count).